The molecular weight excluding hydrogens is 224 g/mol. The molecule has 1 fully saturated rings. The molecule has 18 heavy (non-hydrogen) atoms. The lowest BCUT2D eigenvalue weighted by Crippen LogP contribution is -2.32. The average molecular weight is 250 g/mol. The van der Waals surface area contributed by atoms with Crippen molar-refractivity contribution in [3.05, 3.63) is 5.69 Å². The number of hydrogen-bond acceptors (Lipinski definition) is 3. The molecule has 102 valence electrons. The molecular formula is C14H26N4. The normalized spacial score (nSPS) is 15.4. The summed E-state index contributed by atoms with van der Waals surface area (Å²) in [7, 11) is 2.01. The summed E-state index contributed by atoms with van der Waals surface area (Å²) in [5, 5.41) is 4.59. The molecule has 1 aliphatic carbocycles. The van der Waals surface area contributed by atoms with Crippen molar-refractivity contribution < 1.29 is 0 Å². The Labute approximate surface area is 110 Å². The molecule has 1 saturated carbocycles. The lowest BCUT2D eigenvalue weighted by Gasteiger charge is -2.26. The van der Waals surface area contributed by atoms with Crippen LogP contribution < -0.4 is 10.6 Å². The number of nitrogens with two attached hydrogens (primary N) is 1. The van der Waals surface area contributed by atoms with Gasteiger partial charge < -0.3 is 10.6 Å². The highest BCUT2D eigenvalue weighted by molar-refractivity contribution is 5.67. The molecule has 4 nitrogen and oxygen atoms in total. The van der Waals surface area contributed by atoms with Crippen LogP contribution in [-0.2, 0) is 13.5 Å². The number of aryl methyl sites for hydroxylation is 2. The highest BCUT2D eigenvalue weighted by Gasteiger charge is 2.33. The maximum atomic E-state index is 6.31. The molecule has 1 aliphatic rings. The van der Waals surface area contributed by atoms with E-state index in [4.69, 9.17) is 5.73 Å². The topological polar surface area (TPSA) is 47.1 Å². The van der Waals surface area contributed by atoms with Crippen molar-refractivity contribution in [2.75, 3.05) is 17.2 Å². The predicted molar refractivity (Wildman–Crippen MR) is 76.8 cm³/mol. The Balaban J connectivity index is 2.28. The highest BCUT2D eigenvalue weighted by Crippen LogP contribution is 2.36. The van der Waals surface area contributed by atoms with Gasteiger partial charge in [0.05, 0.1) is 11.4 Å². The minimum atomic E-state index is 0.648. The minimum absolute atomic E-state index is 0.648. The van der Waals surface area contributed by atoms with Crippen LogP contribution in [0, 0.1) is 5.92 Å². The van der Waals surface area contributed by atoms with E-state index in [9.17, 15) is 0 Å². The summed E-state index contributed by atoms with van der Waals surface area (Å²) < 4.78 is 1.97. The van der Waals surface area contributed by atoms with E-state index in [2.05, 4.69) is 30.8 Å². The molecule has 1 heterocycles. The first-order valence-corrected chi connectivity index (χ1v) is 7.12. The van der Waals surface area contributed by atoms with Gasteiger partial charge in [0.25, 0.3) is 0 Å². The van der Waals surface area contributed by atoms with Crippen molar-refractivity contribution in [2.24, 2.45) is 13.0 Å². The van der Waals surface area contributed by atoms with E-state index in [1.54, 1.807) is 0 Å². The number of anilines is 2. The largest absolute Gasteiger partial charge is 0.394 e. The first-order chi connectivity index (χ1) is 8.54. The Morgan fingerprint density at radius 2 is 2.11 bits per heavy atom. The molecule has 1 aromatic rings. The number of rotatable bonds is 6. The van der Waals surface area contributed by atoms with Gasteiger partial charge in [0.15, 0.2) is 5.82 Å². The minimum Gasteiger partial charge on any atom is -0.394 e. The second kappa shape index (κ2) is 5.21. The molecule has 0 saturated heterocycles. The van der Waals surface area contributed by atoms with Crippen molar-refractivity contribution >= 4 is 11.5 Å². The maximum absolute atomic E-state index is 6.31. The summed E-state index contributed by atoms with van der Waals surface area (Å²) >= 11 is 0. The molecule has 0 aliphatic heterocycles. The van der Waals surface area contributed by atoms with Gasteiger partial charge in [0.2, 0.25) is 0 Å². The Bertz CT molecular complexity index is 404. The summed E-state index contributed by atoms with van der Waals surface area (Å²) in [5.41, 5.74) is 8.26. The van der Waals surface area contributed by atoms with Gasteiger partial charge in [-0.25, -0.2) is 0 Å². The summed E-state index contributed by atoms with van der Waals surface area (Å²) in [6.45, 7) is 7.75. The predicted octanol–water partition coefficient (Wildman–Crippen LogP) is 2.58. The third-order valence-electron chi connectivity index (χ3n) is 3.44. The van der Waals surface area contributed by atoms with Crippen LogP contribution in [0.15, 0.2) is 0 Å². The van der Waals surface area contributed by atoms with Gasteiger partial charge in [-0.3, -0.25) is 4.68 Å². The molecule has 0 unspecified atom stereocenters. The number of aromatic nitrogens is 2. The van der Waals surface area contributed by atoms with Gasteiger partial charge in [0.1, 0.15) is 0 Å². The van der Waals surface area contributed by atoms with Crippen LogP contribution in [-0.4, -0.2) is 22.4 Å². The van der Waals surface area contributed by atoms with Crippen LogP contribution in [0.2, 0.25) is 0 Å². The molecule has 4 heteroatoms. The van der Waals surface area contributed by atoms with Crippen LogP contribution in [0.3, 0.4) is 0 Å². The molecule has 2 rings (SSSR count). The third kappa shape index (κ3) is 2.62. The first-order valence-electron chi connectivity index (χ1n) is 7.12. The summed E-state index contributed by atoms with van der Waals surface area (Å²) in [6, 6.07) is 0.680. The van der Waals surface area contributed by atoms with E-state index in [0.717, 1.165) is 36.6 Å². The Hall–Kier alpha value is -1.19. The van der Waals surface area contributed by atoms with Gasteiger partial charge in [0, 0.05) is 19.6 Å². The van der Waals surface area contributed by atoms with Crippen LogP contribution in [0.1, 0.15) is 45.7 Å². The van der Waals surface area contributed by atoms with E-state index in [1.807, 2.05) is 11.7 Å². The smallest absolute Gasteiger partial charge is 0.150 e. The first kappa shape index (κ1) is 13.2. The van der Waals surface area contributed by atoms with E-state index in [-0.39, 0.29) is 0 Å². The quantitative estimate of drug-likeness (QED) is 0.844. The number of nitrogen functional groups attached to an aromatic ring is 1. The zero-order chi connectivity index (χ0) is 13.3. The van der Waals surface area contributed by atoms with Crippen molar-refractivity contribution in [1.29, 1.82) is 0 Å². The van der Waals surface area contributed by atoms with Gasteiger partial charge in [-0.15, -0.1) is 0 Å². The second-order valence-corrected chi connectivity index (χ2v) is 5.83. The van der Waals surface area contributed by atoms with Crippen LogP contribution in [0.5, 0.6) is 0 Å². The van der Waals surface area contributed by atoms with Crippen molar-refractivity contribution in [1.82, 2.24) is 9.78 Å². The third-order valence-corrected chi connectivity index (χ3v) is 3.44. The van der Waals surface area contributed by atoms with Crippen LogP contribution in [0.4, 0.5) is 11.5 Å². The fourth-order valence-corrected chi connectivity index (χ4v) is 2.54. The van der Waals surface area contributed by atoms with Gasteiger partial charge in [-0.1, -0.05) is 27.2 Å². The molecule has 0 amide bonds. The number of hydrogen-bond donors (Lipinski definition) is 1. The van der Waals surface area contributed by atoms with Crippen LogP contribution >= 0.6 is 0 Å². The Morgan fingerprint density at radius 1 is 1.44 bits per heavy atom. The molecule has 0 bridgehead atoms. The lowest BCUT2D eigenvalue weighted by atomic mass is 10.2. The second-order valence-electron chi connectivity index (χ2n) is 5.83. The summed E-state index contributed by atoms with van der Waals surface area (Å²) in [4.78, 5) is 2.46. The van der Waals surface area contributed by atoms with Gasteiger partial charge >= 0.3 is 0 Å². The van der Waals surface area contributed by atoms with E-state index in [0.29, 0.717) is 12.0 Å². The molecule has 2 N–H and O–H groups in total. The lowest BCUT2D eigenvalue weighted by molar-refractivity contribution is 0.588. The molecule has 0 atom stereocenters. The molecule has 0 radical (unpaired) electrons. The Morgan fingerprint density at radius 3 is 2.61 bits per heavy atom. The van der Waals surface area contributed by atoms with Crippen molar-refractivity contribution in [3.63, 3.8) is 0 Å². The molecule has 0 spiro atoms. The van der Waals surface area contributed by atoms with Gasteiger partial charge in [-0.2, -0.15) is 5.10 Å². The zero-order valence-corrected chi connectivity index (χ0v) is 12.1. The van der Waals surface area contributed by atoms with Gasteiger partial charge in [-0.05, 0) is 25.2 Å². The maximum Gasteiger partial charge on any atom is 0.150 e. The molecule has 1 aromatic heterocycles. The zero-order valence-electron chi connectivity index (χ0n) is 12.1. The SMILES string of the molecule is CCCc1nn(C)c(N(CC(C)C)C2CC2)c1N. The number of nitrogens with zero attached hydrogens (tertiary/aromatic N) is 3. The van der Waals surface area contributed by atoms with E-state index in [1.165, 1.54) is 12.8 Å². The Kier molecular flexibility index (Phi) is 3.83. The molecule has 0 aromatic carbocycles. The highest BCUT2D eigenvalue weighted by atomic mass is 15.4. The monoisotopic (exact) mass is 250 g/mol. The van der Waals surface area contributed by atoms with Crippen molar-refractivity contribution in [2.45, 2.75) is 52.5 Å². The summed E-state index contributed by atoms with van der Waals surface area (Å²) in [6.07, 6.45) is 4.65. The van der Waals surface area contributed by atoms with E-state index >= 15 is 0 Å². The average Bonchev–Trinajstić information content (AvgIpc) is 3.06. The summed E-state index contributed by atoms with van der Waals surface area (Å²) in [5.74, 6) is 1.78. The fourth-order valence-electron chi connectivity index (χ4n) is 2.54. The van der Waals surface area contributed by atoms with Crippen molar-refractivity contribution in [3.8, 4) is 0 Å². The standard InChI is InChI=1S/C14H26N4/c1-5-6-12-13(15)14(17(4)16-12)18(9-10(2)3)11-7-8-11/h10-11H,5-9,15H2,1-4H3. The van der Waals surface area contributed by atoms with Crippen LogP contribution in [0.25, 0.3) is 0 Å². The van der Waals surface area contributed by atoms with E-state index < -0.39 is 0 Å². The fraction of sp³-hybridized carbons (Fsp3) is 0.786.